The van der Waals surface area contributed by atoms with Gasteiger partial charge in [0, 0.05) is 0 Å². The Morgan fingerprint density at radius 1 is 1.13 bits per heavy atom. The molecule has 0 radical (unpaired) electrons. The van der Waals surface area contributed by atoms with Crippen molar-refractivity contribution in [2.24, 2.45) is 23.2 Å². The molecule has 0 aromatic heterocycles. The molecule has 170 valence electrons. The number of rotatable bonds is 5. The molecule has 3 aliphatic carbocycles. The molecule has 0 saturated heterocycles. The predicted molar refractivity (Wildman–Crippen MR) is 124 cm³/mol. The molecule has 0 aromatic carbocycles. The first-order chi connectivity index (χ1) is 13.9. The monoisotopic (exact) mass is 416 g/mol. The summed E-state index contributed by atoms with van der Waals surface area (Å²) in [6.45, 7) is 10.4. The lowest BCUT2D eigenvalue weighted by Gasteiger charge is -2.44. The first-order valence-corrected chi connectivity index (χ1v) is 12.1. The van der Waals surface area contributed by atoms with Gasteiger partial charge >= 0.3 is 0 Å². The van der Waals surface area contributed by atoms with Gasteiger partial charge in [0.15, 0.2) is 0 Å². The van der Waals surface area contributed by atoms with Crippen LogP contribution in [0.1, 0.15) is 92.4 Å². The third kappa shape index (κ3) is 5.29. The number of allylic oxidation sites excluding steroid dienone is 4. The Morgan fingerprint density at radius 3 is 2.53 bits per heavy atom. The average Bonchev–Trinajstić information content (AvgIpc) is 2.99. The van der Waals surface area contributed by atoms with E-state index in [9.17, 15) is 15.3 Å². The molecule has 3 rings (SSSR count). The minimum absolute atomic E-state index is 0.358. The number of fused-ring (bicyclic) bond motifs is 1. The number of hydrogen-bond donors (Lipinski definition) is 3. The van der Waals surface area contributed by atoms with E-state index in [1.807, 2.05) is 13.8 Å². The van der Waals surface area contributed by atoms with Gasteiger partial charge in [-0.2, -0.15) is 0 Å². The van der Waals surface area contributed by atoms with E-state index in [-0.39, 0.29) is 0 Å². The molecular weight excluding hydrogens is 372 g/mol. The van der Waals surface area contributed by atoms with E-state index in [0.29, 0.717) is 42.4 Å². The summed E-state index contributed by atoms with van der Waals surface area (Å²) in [6, 6.07) is 0. The van der Waals surface area contributed by atoms with Gasteiger partial charge < -0.3 is 15.3 Å². The molecule has 3 heteroatoms. The molecule has 0 spiro atoms. The molecule has 0 bridgehead atoms. The van der Waals surface area contributed by atoms with E-state index in [1.165, 1.54) is 37.7 Å². The minimum Gasteiger partial charge on any atom is -0.390 e. The molecule has 3 aliphatic rings. The smallest absolute Gasteiger partial charge is 0.0883 e. The highest BCUT2D eigenvalue weighted by Gasteiger charge is 2.50. The van der Waals surface area contributed by atoms with Crippen LogP contribution in [-0.4, -0.2) is 32.6 Å². The van der Waals surface area contributed by atoms with Crippen molar-refractivity contribution in [1.29, 1.82) is 0 Å². The zero-order valence-corrected chi connectivity index (χ0v) is 19.8. The molecule has 3 N–H and O–H groups in total. The van der Waals surface area contributed by atoms with Crippen molar-refractivity contribution >= 4 is 0 Å². The fourth-order valence-corrected chi connectivity index (χ4v) is 6.38. The number of aliphatic hydroxyl groups is 3. The largest absolute Gasteiger partial charge is 0.390 e. The van der Waals surface area contributed by atoms with E-state index in [2.05, 4.69) is 38.2 Å². The lowest BCUT2D eigenvalue weighted by atomic mass is 9.61. The van der Waals surface area contributed by atoms with Crippen LogP contribution in [0.4, 0.5) is 0 Å². The molecule has 0 aliphatic heterocycles. The lowest BCUT2D eigenvalue weighted by molar-refractivity contribution is -0.0759. The summed E-state index contributed by atoms with van der Waals surface area (Å²) in [5.74, 6) is 1.90. The van der Waals surface area contributed by atoms with Crippen molar-refractivity contribution in [3.8, 4) is 0 Å². The highest BCUT2D eigenvalue weighted by atomic mass is 16.3. The first-order valence-electron chi connectivity index (χ1n) is 12.1. The van der Waals surface area contributed by atoms with Crippen LogP contribution in [0.3, 0.4) is 0 Å². The molecule has 3 nitrogen and oxygen atoms in total. The van der Waals surface area contributed by atoms with Gasteiger partial charge in [-0.25, -0.2) is 0 Å². The van der Waals surface area contributed by atoms with E-state index in [1.54, 1.807) is 12.5 Å². The third-order valence-corrected chi connectivity index (χ3v) is 8.39. The normalized spacial score (nSPS) is 41.5. The highest BCUT2D eigenvalue weighted by Crippen LogP contribution is 2.59. The Morgan fingerprint density at radius 2 is 1.87 bits per heavy atom. The fourth-order valence-electron chi connectivity index (χ4n) is 6.38. The predicted octanol–water partition coefficient (Wildman–Crippen LogP) is 5.70. The fraction of sp³-hybridized carbons (Fsp3) is 0.778. The van der Waals surface area contributed by atoms with Crippen LogP contribution in [0.25, 0.3) is 0 Å². The van der Waals surface area contributed by atoms with Crippen molar-refractivity contribution in [1.82, 2.24) is 0 Å². The van der Waals surface area contributed by atoms with Crippen LogP contribution in [-0.2, 0) is 0 Å². The summed E-state index contributed by atoms with van der Waals surface area (Å²) < 4.78 is 0. The van der Waals surface area contributed by atoms with Crippen LogP contribution in [0.15, 0.2) is 35.5 Å². The number of aliphatic hydroxyl groups excluding tert-OH is 1. The second kappa shape index (κ2) is 8.92. The molecule has 3 fully saturated rings. The zero-order chi connectivity index (χ0) is 22.2. The van der Waals surface area contributed by atoms with Crippen LogP contribution in [0.2, 0.25) is 0 Å². The second-order valence-electron chi connectivity index (χ2n) is 11.5. The summed E-state index contributed by atoms with van der Waals surface area (Å²) in [7, 11) is 0. The van der Waals surface area contributed by atoms with E-state index in [0.717, 1.165) is 6.42 Å². The molecule has 0 heterocycles. The van der Waals surface area contributed by atoms with E-state index in [4.69, 9.17) is 0 Å². The van der Waals surface area contributed by atoms with Crippen molar-refractivity contribution in [2.75, 3.05) is 0 Å². The van der Waals surface area contributed by atoms with E-state index >= 15 is 0 Å². The summed E-state index contributed by atoms with van der Waals surface area (Å²) >= 11 is 0. The summed E-state index contributed by atoms with van der Waals surface area (Å²) in [5, 5.41) is 30.4. The molecule has 0 amide bonds. The standard InChI is InChI=1S/C27H44O3/c1-19(8-6-15-25(2,3)29)22-12-13-23-21(9-7-16-26(22,23)4)11-10-20-14-17-27(5,30)24(28)18-20/h6,8,10-11,19,22-24,28-30H,7,9,12-18H2,1-5H3/b8-6+,20-10-,21-11+/t19-,22?,23?,24?,26?,27+/m1/s1. The first kappa shape index (κ1) is 23.8. The molecule has 3 saturated carbocycles. The summed E-state index contributed by atoms with van der Waals surface area (Å²) in [5.41, 5.74) is 1.65. The van der Waals surface area contributed by atoms with Crippen LogP contribution in [0, 0.1) is 23.2 Å². The van der Waals surface area contributed by atoms with Gasteiger partial charge in [0.25, 0.3) is 0 Å². The Kier molecular flexibility index (Phi) is 7.06. The molecule has 6 atom stereocenters. The van der Waals surface area contributed by atoms with Crippen molar-refractivity contribution < 1.29 is 15.3 Å². The number of hydrogen-bond acceptors (Lipinski definition) is 3. The van der Waals surface area contributed by atoms with Gasteiger partial charge in [0.05, 0.1) is 17.3 Å². The summed E-state index contributed by atoms with van der Waals surface area (Å²) in [6.07, 6.45) is 17.6. The Hall–Kier alpha value is -0.900. The Labute approximate surface area is 184 Å². The van der Waals surface area contributed by atoms with Crippen LogP contribution >= 0.6 is 0 Å². The highest BCUT2D eigenvalue weighted by molar-refractivity contribution is 5.26. The zero-order valence-electron chi connectivity index (χ0n) is 19.8. The molecule has 30 heavy (non-hydrogen) atoms. The van der Waals surface area contributed by atoms with E-state index < -0.39 is 17.3 Å². The average molecular weight is 417 g/mol. The third-order valence-electron chi connectivity index (χ3n) is 8.39. The maximum absolute atomic E-state index is 10.2. The van der Waals surface area contributed by atoms with Gasteiger partial charge in [-0.05, 0) is 102 Å². The van der Waals surface area contributed by atoms with Crippen LogP contribution in [0.5, 0.6) is 0 Å². The quantitative estimate of drug-likeness (QED) is 0.503. The molecular formula is C27H44O3. The maximum Gasteiger partial charge on any atom is 0.0883 e. The van der Waals surface area contributed by atoms with Gasteiger partial charge in [-0.15, -0.1) is 0 Å². The second-order valence-corrected chi connectivity index (χ2v) is 11.5. The summed E-state index contributed by atoms with van der Waals surface area (Å²) in [4.78, 5) is 0. The molecule has 4 unspecified atom stereocenters. The van der Waals surface area contributed by atoms with Gasteiger partial charge in [0.2, 0.25) is 0 Å². The van der Waals surface area contributed by atoms with Crippen LogP contribution < -0.4 is 0 Å². The van der Waals surface area contributed by atoms with Gasteiger partial charge in [-0.1, -0.05) is 49.3 Å². The molecule has 0 aromatic rings. The van der Waals surface area contributed by atoms with Crippen molar-refractivity contribution in [3.63, 3.8) is 0 Å². The minimum atomic E-state index is -0.943. The maximum atomic E-state index is 10.2. The Bertz CT molecular complexity index is 693. The van der Waals surface area contributed by atoms with Crippen molar-refractivity contribution in [2.45, 2.75) is 110 Å². The van der Waals surface area contributed by atoms with Gasteiger partial charge in [0.1, 0.15) is 0 Å². The topological polar surface area (TPSA) is 60.7 Å². The lowest BCUT2D eigenvalue weighted by Crippen LogP contribution is -2.42. The van der Waals surface area contributed by atoms with Crippen molar-refractivity contribution in [3.05, 3.63) is 35.5 Å². The SMILES string of the molecule is C[C@H](/C=C/CC(C)(C)O)C1CCC2/C(=C/C=C3/CC[C@](C)(O)C(O)C3)CCCC21C. The van der Waals surface area contributed by atoms with Gasteiger partial charge in [-0.3, -0.25) is 0 Å². The Balaban J connectivity index is 1.70.